The Morgan fingerprint density at radius 1 is 0.812 bits per heavy atom. The molecule has 4 heterocycles. The third-order valence-electron chi connectivity index (χ3n) is 13.2. The number of carbonyl (C=O) groups is 2. The lowest BCUT2D eigenvalue weighted by molar-refractivity contribution is -0.160. The topological polar surface area (TPSA) is 134 Å². The summed E-state index contributed by atoms with van der Waals surface area (Å²) in [5.41, 5.74) is 10.9. The number of ether oxygens (including phenoxy) is 2. The monoisotopic (exact) mass is 983 g/mol. The van der Waals surface area contributed by atoms with Crippen molar-refractivity contribution >= 4 is 46.6 Å². The Bertz CT molecular complexity index is 2800. The van der Waals surface area contributed by atoms with Crippen molar-refractivity contribution in [2.45, 2.75) is 105 Å². The summed E-state index contributed by atoms with van der Waals surface area (Å²) < 4.78 is 20.6. The average molecular weight is 985 g/mol. The van der Waals surface area contributed by atoms with Crippen molar-refractivity contribution in [1.82, 2.24) is 28.5 Å². The van der Waals surface area contributed by atoms with Gasteiger partial charge in [0.25, 0.3) is 0 Å². The molecule has 0 amide bonds. The summed E-state index contributed by atoms with van der Waals surface area (Å²) in [5, 5.41) is 12.0. The molecule has 0 bridgehead atoms. The van der Waals surface area contributed by atoms with E-state index in [1.54, 1.807) is 0 Å². The van der Waals surface area contributed by atoms with E-state index in [1.807, 2.05) is 38.1 Å². The Balaban J connectivity index is 0.760. The summed E-state index contributed by atoms with van der Waals surface area (Å²) in [6, 6.07) is 27.0. The minimum absolute atomic E-state index is 0.0340. The molecule has 360 valence electrons. The molecule has 0 radical (unpaired) electrons. The number of nitriles is 1. The Labute approximate surface area is 420 Å². The molecular formula is C55H62ClN7O4S2. The van der Waals surface area contributed by atoms with E-state index in [2.05, 4.69) is 92.1 Å². The van der Waals surface area contributed by atoms with Crippen molar-refractivity contribution in [2.24, 2.45) is 11.8 Å². The zero-order valence-corrected chi connectivity index (χ0v) is 43.0. The number of halogens is 1. The minimum Gasteiger partial charge on any atom is -0.489 e. The molecule has 2 aromatic heterocycles. The van der Waals surface area contributed by atoms with E-state index >= 15 is 0 Å². The van der Waals surface area contributed by atoms with Gasteiger partial charge in [0, 0.05) is 47.7 Å². The van der Waals surface area contributed by atoms with Crippen molar-refractivity contribution < 1.29 is 19.1 Å². The van der Waals surface area contributed by atoms with Gasteiger partial charge in [-0.2, -0.15) is 14.0 Å². The number of nitrogens with zero attached hydrogens (tertiary/aromatic N) is 7. The zero-order valence-electron chi connectivity index (χ0n) is 40.6. The van der Waals surface area contributed by atoms with Gasteiger partial charge in [0.2, 0.25) is 0 Å². The second-order valence-corrected chi connectivity index (χ2v) is 21.0. The zero-order chi connectivity index (χ0) is 48.6. The molecule has 0 N–H and O–H groups in total. The molecule has 14 heteroatoms. The van der Waals surface area contributed by atoms with Crippen LogP contribution in [0.3, 0.4) is 0 Å². The first-order chi connectivity index (χ1) is 33.4. The van der Waals surface area contributed by atoms with Gasteiger partial charge in [0.1, 0.15) is 15.8 Å². The quantitative estimate of drug-likeness (QED) is 0.0567. The fourth-order valence-corrected chi connectivity index (χ4v) is 11.4. The van der Waals surface area contributed by atoms with E-state index in [9.17, 15) is 14.9 Å². The second kappa shape index (κ2) is 23.0. The van der Waals surface area contributed by atoms with Gasteiger partial charge in [0.15, 0.2) is 11.6 Å². The Kier molecular flexibility index (Phi) is 16.7. The molecule has 11 nitrogen and oxygen atoms in total. The van der Waals surface area contributed by atoms with Gasteiger partial charge in [-0.05, 0) is 165 Å². The number of benzene rings is 4. The molecule has 2 saturated heterocycles. The highest BCUT2D eigenvalue weighted by molar-refractivity contribution is 7.09. The fraction of sp³-hybridized carbons (Fsp3) is 0.436. The third-order valence-corrected chi connectivity index (χ3v) is 15.0. The molecule has 6 aromatic rings. The molecule has 2 aliphatic heterocycles. The van der Waals surface area contributed by atoms with E-state index in [0.29, 0.717) is 40.5 Å². The van der Waals surface area contributed by atoms with E-state index < -0.39 is 11.9 Å². The SMILES string of the molecule is CCc1c(CC2CCN(CC(=O)OC(=O)CCCN3CC(c4cccc(-c5nsc(-c6ccc(CC(C)C)c(C#N)c6)n5)c4CC)C3)CC2)cccc1-c1nsc(-c2ccc(OC(C)C)c(Cl)c2)n1. The van der Waals surface area contributed by atoms with Crippen molar-refractivity contribution in [3.05, 3.63) is 111 Å². The molecule has 0 aliphatic carbocycles. The first kappa shape index (κ1) is 50.0. The molecule has 2 aliphatic rings. The fourth-order valence-electron chi connectivity index (χ4n) is 9.81. The molecule has 4 aromatic carbocycles. The number of piperidine rings is 1. The highest BCUT2D eigenvalue weighted by atomic mass is 35.5. The highest BCUT2D eigenvalue weighted by Gasteiger charge is 2.31. The van der Waals surface area contributed by atoms with Crippen LogP contribution in [0.5, 0.6) is 5.75 Å². The van der Waals surface area contributed by atoms with Crippen LogP contribution in [0.4, 0.5) is 0 Å². The average Bonchev–Trinajstić information content (AvgIpc) is 4.02. The van der Waals surface area contributed by atoms with Gasteiger partial charge < -0.3 is 14.4 Å². The van der Waals surface area contributed by atoms with Crippen molar-refractivity contribution in [3.63, 3.8) is 0 Å². The smallest absolute Gasteiger partial charge is 0.327 e. The summed E-state index contributed by atoms with van der Waals surface area (Å²) in [7, 11) is 0. The maximum atomic E-state index is 12.9. The van der Waals surface area contributed by atoms with Crippen LogP contribution in [0.2, 0.25) is 5.02 Å². The van der Waals surface area contributed by atoms with E-state index in [-0.39, 0.29) is 19.1 Å². The van der Waals surface area contributed by atoms with Crippen LogP contribution in [-0.4, -0.2) is 85.8 Å². The normalized spacial score (nSPS) is 14.8. The summed E-state index contributed by atoms with van der Waals surface area (Å²) in [5.74, 6) is 2.52. The number of hydrogen-bond donors (Lipinski definition) is 0. The van der Waals surface area contributed by atoms with Gasteiger partial charge in [-0.3, -0.25) is 14.5 Å². The van der Waals surface area contributed by atoms with Crippen LogP contribution < -0.4 is 4.74 Å². The maximum Gasteiger partial charge on any atom is 0.327 e. The lowest BCUT2D eigenvalue weighted by atomic mass is 9.85. The van der Waals surface area contributed by atoms with Crippen LogP contribution in [0.1, 0.15) is 107 Å². The van der Waals surface area contributed by atoms with Crippen LogP contribution >= 0.6 is 34.7 Å². The predicted octanol–water partition coefficient (Wildman–Crippen LogP) is 11.9. The van der Waals surface area contributed by atoms with E-state index in [4.69, 9.17) is 39.8 Å². The number of aromatic nitrogens is 4. The molecule has 8 rings (SSSR count). The van der Waals surface area contributed by atoms with Gasteiger partial charge in [-0.15, -0.1) is 0 Å². The molecular weight excluding hydrogens is 922 g/mol. The standard InChI is InChI=1S/C55H62ClN7O4S2/c1-7-43-38(12-9-14-46(43)52-58-55(69-60-52)40-19-20-49(48(56)29-40)66-35(5)6)27-36-21-24-62(25-22-36)33-51(65)67-50(64)16-11-23-63-31-42(32-63)45-13-10-15-47(44(45)8-2)53-59-54(68-61-53)39-18-17-37(26-34(3)4)41(28-39)30-57/h9-10,12-15,17-20,28-29,34-36,42H,7-8,11,16,21-27,31-33H2,1-6H3. The van der Waals surface area contributed by atoms with Crippen molar-refractivity contribution in [3.8, 4) is 55.7 Å². The van der Waals surface area contributed by atoms with Crippen molar-refractivity contribution in [1.29, 1.82) is 5.26 Å². The summed E-state index contributed by atoms with van der Waals surface area (Å²) in [6.07, 6.45) is 6.37. The van der Waals surface area contributed by atoms with Crippen molar-refractivity contribution in [2.75, 3.05) is 39.3 Å². The number of carbonyl (C=O) groups excluding carboxylic acids is 2. The molecule has 2 fully saturated rings. The lowest BCUT2D eigenvalue weighted by Crippen LogP contribution is -2.45. The lowest BCUT2D eigenvalue weighted by Gasteiger charge is -2.40. The Morgan fingerprint density at radius 2 is 1.46 bits per heavy atom. The predicted molar refractivity (Wildman–Crippen MR) is 277 cm³/mol. The molecule has 0 unspecified atom stereocenters. The van der Waals surface area contributed by atoms with Crippen LogP contribution in [0.15, 0.2) is 72.8 Å². The number of hydrogen-bond acceptors (Lipinski definition) is 13. The van der Waals surface area contributed by atoms with Gasteiger partial charge in [0.05, 0.1) is 29.3 Å². The molecule has 0 spiro atoms. The van der Waals surface area contributed by atoms with Gasteiger partial charge in [-0.1, -0.05) is 87.8 Å². The summed E-state index contributed by atoms with van der Waals surface area (Å²) in [6.45, 7) is 16.9. The van der Waals surface area contributed by atoms with Crippen LogP contribution in [-0.2, 0) is 40.0 Å². The molecule has 0 saturated carbocycles. The van der Waals surface area contributed by atoms with Crippen LogP contribution in [0.25, 0.3) is 43.9 Å². The maximum absolute atomic E-state index is 12.9. The minimum atomic E-state index is -0.471. The Morgan fingerprint density at radius 3 is 2.10 bits per heavy atom. The first-order valence-corrected chi connectivity index (χ1v) is 26.4. The highest BCUT2D eigenvalue weighted by Crippen LogP contribution is 2.38. The summed E-state index contributed by atoms with van der Waals surface area (Å²) >= 11 is 9.28. The summed E-state index contributed by atoms with van der Waals surface area (Å²) in [4.78, 5) is 40.0. The Hall–Kier alpha value is -5.36. The third kappa shape index (κ3) is 12.3. The van der Waals surface area contributed by atoms with Crippen LogP contribution in [0, 0.1) is 23.2 Å². The number of rotatable bonds is 19. The number of esters is 2. The van der Waals surface area contributed by atoms with Gasteiger partial charge >= 0.3 is 11.9 Å². The van der Waals surface area contributed by atoms with Gasteiger partial charge in [-0.25, -0.2) is 9.97 Å². The largest absolute Gasteiger partial charge is 0.489 e. The van der Waals surface area contributed by atoms with E-state index in [1.165, 1.54) is 45.3 Å². The number of likely N-dealkylation sites (tertiary alicyclic amines) is 2. The molecule has 0 atom stereocenters. The first-order valence-electron chi connectivity index (χ1n) is 24.5. The second-order valence-electron chi connectivity index (χ2n) is 19.1. The molecule has 69 heavy (non-hydrogen) atoms. The van der Waals surface area contributed by atoms with E-state index in [0.717, 1.165) is 121 Å².